The number of nitriles is 1. The molecule has 5 rings (SSSR count). The van der Waals surface area contributed by atoms with E-state index in [0.717, 1.165) is 83.7 Å². The first kappa shape index (κ1) is 33.2. The molecule has 0 unspecified atom stereocenters. The van der Waals surface area contributed by atoms with E-state index in [9.17, 15) is 5.26 Å². The third-order valence-electron chi connectivity index (χ3n) is 7.20. The number of aryl methyl sites for hydroxylation is 2. The number of thioether (sulfide) groups is 1. The number of hydrogen-bond donors (Lipinski definition) is 1. The van der Waals surface area contributed by atoms with Crippen molar-refractivity contribution >= 4 is 47.5 Å². The molecule has 0 radical (unpaired) electrons. The van der Waals surface area contributed by atoms with Crippen LogP contribution in [0.25, 0.3) is 11.0 Å². The molecule has 2 aliphatic rings. The van der Waals surface area contributed by atoms with Crippen molar-refractivity contribution in [3.05, 3.63) is 46.8 Å². The van der Waals surface area contributed by atoms with Gasteiger partial charge in [0.25, 0.3) is 0 Å². The number of fused-ring (bicyclic) bond motifs is 1. The van der Waals surface area contributed by atoms with Gasteiger partial charge in [-0.1, -0.05) is 5.16 Å². The number of aromatic nitrogens is 2. The van der Waals surface area contributed by atoms with Crippen LogP contribution in [0.1, 0.15) is 54.6 Å². The van der Waals surface area contributed by atoms with E-state index in [1.165, 1.54) is 37.4 Å². The van der Waals surface area contributed by atoms with Crippen molar-refractivity contribution in [1.29, 1.82) is 5.26 Å². The minimum Gasteiger partial charge on any atom is -0.493 e. The molecular weight excluding hydrogens is 553 g/mol. The Hall–Kier alpha value is -2.02. The average molecular weight is 595 g/mol. The Morgan fingerprint density at radius 2 is 1.82 bits per heavy atom. The van der Waals surface area contributed by atoms with Crippen LogP contribution >= 0.6 is 36.6 Å². The Balaban J connectivity index is 0.00000102. The number of nitrogens with one attached hydrogen (secondary N) is 1. The van der Waals surface area contributed by atoms with E-state index in [1.807, 2.05) is 32.5 Å². The Kier molecular flexibility index (Phi) is 13.9. The third-order valence-corrected chi connectivity index (χ3v) is 7.90. The largest absolute Gasteiger partial charge is 0.493 e. The van der Waals surface area contributed by atoms with Gasteiger partial charge in [0.1, 0.15) is 16.8 Å². The Labute approximate surface area is 249 Å². The van der Waals surface area contributed by atoms with E-state index in [-0.39, 0.29) is 24.8 Å². The summed E-state index contributed by atoms with van der Waals surface area (Å²) < 4.78 is 11.7. The highest BCUT2D eigenvalue weighted by Crippen LogP contribution is 2.34. The Morgan fingerprint density at radius 1 is 1.10 bits per heavy atom. The minimum atomic E-state index is 0. The molecule has 1 aliphatic carbocycles. The van der Waals surface area contributed by atoms with Crippen molar-refractivity contribution in [2.24, 2.45) is 11.8 Å². The van der Waals surface area contributed by atoms with Gasteiger partial charge < -0.3 is 14.6 Å². The molecule has 3 heterocycles. The predicted octanol–water partition coefficient (Wildman–Crippen LogP) is 6.44. The lowest BCUT2D eigenvalue weighted by Crippen LogP contribution is -2.33. The predicted molar refractivity (Wildman–Crippen MR) is 163 cm³/mol. The molecule has 0 atom stereocenters. The summed E-state index contributed by atoms with van der Waals surface area (Å²) in [5.74, 6) is 2.37. The van der Waals surface area contributed by atoms with Crippen molar-refractivity contribution in [3.63, 3.8) is 0 Å². The SMILES string of the molecule is CNC.CSc1nc(CN2CCC(CCc3noc4c(C)c(OCC5CC5)ccc34)CC2)ccc1C#N.Cl.Cl. The number of pyridine rings is 1. The van der Waals surface area contributed by atoms with E-state index in [2.05, 4.69) is 45.5 Å². The molecule has 1 N–H and O–H groups in total. The smallest absolute Gasteiger partial charge is 0.173 e. The van der Waals surface area contributed by atoms with Gasteiger partial charge in [-0.05, 0) is 115 Å². The van der Waals surface area contributed by atoms with Gasteiger partial charge in [-0.2, -0.15) is 5.26 Å². The summed E-state index contributed by atoms with van der Waals surface area (Å²) in [4.78, 5) is 7.16. The van der Waals surface area contributed by atoms with Crippen LogP contribution in [0.4, 0.5) is 0 Å². The van der Waals surface area contributed by atoms with Gasteiger partial charge in [0, 0.05) is 17.5 Å². The second-order valence-corrected chi connectivity index (χ2v) is 11.0. The molecule has 39 heavy (non-hydrogen) atoms. The van der Waals surface area contributed by atoms with E-state index >= 15 is 0 Å². The highest BCUT2D eigenvalue weighted by molar-refractivity contribution is 7.98. The maximum absolute atomic E-state index is 9.21. The maximum Gasteiger partial charge on any atom is 0.173 e. The van der Waals surface area contributed by atoms with Crippen molar-refractivity contribution in [2.45, 2.75) is 57.0 Å². The van der Waals surface area contributed by atoms with Crippen molar-refractivity contribution in [1.82, 2.24) is 20.4 Å². The molecule has 3 aromatic rings. The van der Waals surface area contributed by atoms with Crippen molar-refractivity contribution in [2.75, 3.05) is 40.0 Å². The molecule has 10 heteroatoms. The number of hydrogen-bond acceptors (Lipinski definition) is 8. The van der Waals surface area contributed by atoms with Crippen LogP contribution < -0.4 is 10.1 Å². The fraction of sp³-hybridized carbons (Fsp3) is 0.552. The number of nitrogens with zero attached hydrogens (tertiary/aromatic N) is 4. The average Bonchev–Trinajstić information content (AvgIpc) is 3.66. The lowest BCUT2D eigenvalue weighted by atomic mass is 9.91. The number of likely N-dealkylation sites (tertiary alicyclic amines) is 1. The zero-order valence-corrected chi connectivity index (χ0v) is 25.8. The first-order valence-electron chi connectivity index (χ1n) is 13.3. The fourth-order valence-electron chi connectivity index (χ4n) is 4.81. The first-order chi connectivity index (χ1) is 18.1. The van der Waals surface area contributed by atoms with E-state index in [0.29, 0.717) is 11.5 Å². The van der Waals surface area contributed by atoms with Crippen LogP contribution in [-0.2, 0) is 13.0 Å². The summed E-state index contributed by atoms with van der Waals surface area (Å²) >= 11 is 1.54. The number of halogens is 2. The number of benzene rings is 1. The van der Waals surface area contributed by atoms with Crippen LogP contribution in [0, 0.1) is 30.1 Å². The Bertz CT molecular complexity index is 1220. The van der Waals surface area contributed by atoms with Gasteiger partial charge >= 0.3 is 0 Å². The van der Waals surface area contributed by atoms with Gasteiger partial charge in [0.15, 0.2) is 5.58 Å². The summed E-state index contributed by atoms with van der Waals surface area (Å²) in [5, 5.41) is 18.3. The molecule has 0 spiro atoms. The molecule has 0 bridgehead atoms. The van der Waals surface area contributed by atoms with Crippen LogP contribution in [0.2, 0.25) is 0 Å². The van der Waals surface area contributed by atoms with Crippen LogP contribution in [0.5, 0.6) is 5.75 Å². The molecular formula is C29H41Cl2N5O2S. The Morgan fingerprint density at radius 3 is 2.46 bits per heavy atom. The number of ether oxygens (including phenoxy) is 1. The molecule has 1 aromatic carbocycles. The minimum absolute atomic E-state index is 0. The second-order valence-electron chi connectivity index (χ2n) is 10.2. The highest BCUT2D eigenvalue weighted by Gasteiger charge is 2.24. The molecule has 214 valence electrons. The topological polar surface area (TPSA) is 87.2 Å². The van der Waals surface area contributed by atoms with Gasteiger partial charge in [-0.3, -0.25) is 4.90 Å². The normalized spacial score (nSPS) is 15.5. The summed E-state index contributed by atoms with van der Waals surface area (Å²) in [7, 11) is 3.75. The zero-order chi connectivity index (χ0) is 26.2. The fourth-order valence-corrected chi connectivity index (χ4v) is 5.35. The number of piperidine rings is 1. The van der Waals surface area contributed by atoms with Crippen molar-refractivity contribution in [3.8, 4) is 11.8 Å². The maximum atomic E-state index is 9.21. The summed E-state index contributed by atoms with van der Waals surface area (Å²) in [6.07, 6.45) is 9.03. The summed E-state index contributed by atoms with van der Waals surface area (Å²) in [5.41, 5.74) is 4.71. The molecule has 2 fully saturated rings. The van der Waals surface area contributed by atoms with Gasteiger partial charge in [-0.25, -0.2) is 4.98 Å². The molecule has 2 aromatic heterocycles. The number of rotatable bonds is 9. The lowest BCUT2D eigenvalue weighted by Gasteiger charge is -2.31. The molecule has 0 amide bonds. The third kappa shape index (κ3) is 8.99. The van der Waals surface area contributed by atoms with Crippen LogP contribution in [0.15, 0.2) is 33.8 Å². The van der Waals surface area contributed by atoms with Crippen LogP contribution in [0.3, 0.4) is 0 Å². The van der Waals surface area contributed by atoms with E-state index in [1.54, 1.807) is 0 Å². The monoisotopic (exact) mass is 593 g/mol. The van der Waals surface area contributed by atoms with Gasteiger partial charge in [0.05, 0.1) is 23.6 Å². The van der Waals surface area contributed by atoms with E-state index in [4.69, 9.17) is 9.26 Å². The molecule has 1 saturated carbocycles. The lowest BCUT2D eigenvalue weighted by molar-refractivity contribution is 0.170. The molecule has 7 nitrogen and oxygen atoms in total. The first-order valence-corrected chi connectivity index (χ1v) is 14.5. The molecule has 1 saturated heterocycles. The second kappa shape index (κ2) is 16.3. The zero-order valence-electron chi connectivity index (χ0n) is 23.4. The van der Waals surface area contributed by atoms with Crippen LogP contribution in [-0.4, -0.2) is 55.1 Å². The quantitative estimate of drug-likeness (QED) is 0.284. The highest BCUT2D eigenvalue weighted by atomic mass is 35.5. The van der Waals surface area contributed by atoms with Gasteiger partial charge in [0.2, 0.25) is 0 Å². The van der Waals surface area contributed by atoms with E-state index < -0.39 is 0 Å². The summed E-state index contributed by atoms with van der Waals surface area (Å²) in [6, 6.07) is 10.3. The standard InChI is InChI=1S/C27H32N4O2S.C2H7N.2ClH/c1-18-25(32-17-20-3-4-20)10-8-23-24(30-33-26(18)23)9-5-19-11-13-31(14-12-19)16-22-7-6-21(15-28)27(29-22)34-2;1-3-2;;/h6-8,10,19-20H,3-5,9,11-14,16-17H2,1-2H3;3H,1-2H3;2*1H. The van der Waals surface area contributed by atoms with Crippen molar-refractivity contribution < 1.29 is 9.26 Å². The summed E-state index contributed by atoms with van der Waals surface area (Å²) in [6.45, 7) is 5.90. The van der Waals surface area contributed by atoms with Gasteiger partial charge in [-0.15, -0.1) is 36.6 Å². The molecule has 1 aliphatic heterocycles.